The van der Waals surface area contributed by atoms with Crippen molar-refractivity contribution in [2.24, 2.45) is 0 Å². The van der Waals surface area contributed by atoms with Gasteiger partial charge >= 0.3 is 11.9 Å². The van der Waals surface area contributed by atoms with Gasteiger partial charge in [-0.3, -0.25) is 4.79 Å². The van der Waals surface area contributed by atoms with E-state index in [1.54, 1.807) is 18.2 Å². The predicted octanol–water partition coefficient (Wildman–Crippen LogP) is 3.10. The number of carbonyl (C=O) groups excluding carboxylic acids is 3. The van der Waals surface area contributed by atoms with E-state index in [4.69, 9.17) is 21.7 Å². The smallest absolute Gasteiger partial charge is 0.357 e. The molecular formula is C19H14N2O5S. The van der Waals surface area contributed by atoms with Gasteiger partial charge in [-0.2, -0.15) is 0 Å². The summed E-state index contributed by atoms with van der Waals surface area (Å²) in [5.41, 5.74) is -0.579. The van der Waals surface area contributed by atoms with Crippen molar-refractivity contribution in [3.63, 3.8) is 0 Å². The summed E-state index contributed by atoms with van der Waals surface area (Å²) in [6, 6.07) is 12.5. The monoisotopic (exact) mass is 382 g/mol. The fourth-order valence-corrected chi connectivity index (χ4v) is 2.86. The molecule has 1 N–H and O–H groups in total. The number of carbonyl (C=O) groups is 3. The zero-order chi connectivity index (χ0) is 19.6. The normalized spacial score (nSPS) is 10.4. The van der Waals surface area contributed by atoms with Gasteiger partial charge < -0.3 is 14.5 Å². The number of methoxy groups -OCH3 is 2. The average Bonchev–Trinajstić information content (AvgIpc) is 2.70. The lowest BCUT2D eigenvalue weighted by Gasteiger charge is -2.11. The number of aromatic amines is 1. The fourth-order valence-electron chi connectivity index (χ4n) is 2.67. The molecule has 0 atom stereocenters. The number of ketones is 1. The Labute approximate surface area is 159 Å². The maximum Gasteiger partial charge on any atom is 0.357 e. The highest BCUT2D eigenvalue weighted by Crippen LogP contribution is 2.22. The van der Waals surface area contributed by atoms with Crippen LogP contribution in [0.2, 0.25) is 0 Å². The number of benzene rings is 2. The molecule has 0 aliphatic carbocycles. The van der Waals surface area contributed by atoms with Gasteiger partial charge in [0, 0.05) is 5.56 Å². The Morgan fingerprint density at radius 1 is 0.963 bits per heavy atom. The van der Waals surface area contributed by atoms with Crippen LogP contribution in [-0.4, -0.2) is 41.9 Å². The number of esters is 2. The molecule has 0 radical (unpaired) electrons. The summed E-state index contributed by atoms with van der Waals surface area (Å²) in [5, 5.41) is 1.78. The minimum Gasteiger partial charge on any atom is -0.464 e. The van der Waals surface area contributed by atoms with Gasteiger partial charge in [-0.05, 0) is 29.1 Å². The Morgan fingerprint density at radius 2 is 1.63 bits per heavy atom. The van der Waals surface area contributed by atoms with Gasteiger partial charge in [0.05, 0.1) is 19.8 Å². The summed E-state index contributed by atoms with van der Waals surface area (Å²) in [6.45, 7) is 0. The first-order chi connectivity index (χ1) is 13.0. The lowest BCUT2D eigenvalue weighted by atomic mass is 9.97. The molecule has 3 aromatic rings. The average molecular weight is 382 g/mol. The molecule has 1 heterocycles. The third-order valence-corrected chi connectivity index (χ3v) is 4.13. The second-order valence-electron chi connectivity index (χ2n) is 5.51. The highest BCUT2D eigenvalue weighted by atomic mass is 32.1. The molecule has 0 aliphatic rings. The van der Waals surface area contributed by atoms with Crippen LogP contribution in [0.25, 0.3) is 10.8 Å². The fraction of sp³-hybridized carbons (Fsp3) is 0.105. The Hall–Kier alpha value is -3.39. The van der Waals surface area contributed by atoms with Crippen LogP contribution in [0.5, 0.6) is 0 Å². The molecule has 8 heteroatoms. The Kier molecular flexibility index (Phi) is 5.09. The van der Waals surface area contributed by atoms with Crippen molar-refractivity contribution in [1.82, 2.24) is 9.97 Å². The molecule has 0 amide bonds. The number of ether oxygens (including phenoxy) is 2. The van der Waals surface area contributed by atoms with Crippen molar-refractivity contribution >= 4 is 40.7 Å². The highest BCUT2D eigenvalue weighted by Gasteiger charge is 2.29. The van der Waals surface area contributed by atoms with Crippen molar-refractivity contribution in [3.8, 4) is 0 Å². The minimum atomic E-state index is -0.885. The van der Waals surface area contributed by atoms with E-state index in [0.29, 0.717) is 0 Å². The quantitative estimate of drug-likeness (QED) is 0.420. The van der Waals surface area contributed by atoms with Gasteiger partial charge in [-0.15, -0.1) is 0 Å². The van der Waals surface area contributed by atoms with Crippen molar-refractivity contribution in [2.45, 2.75) is 0 Å². The summed E-state index contributed by atoms with van der Waals surface area (Å²) in [4.78, 5) is 43.9. The van der Waals surface area contributed by atoms with Gasteiger partial charge in [0.2, 0.25) is 0 Å². The number of rotatable bonds is 4. The zero-order valence-electron chi connectivity index (χ0n) is 14.4. The number of hydrogen-bond donors (Lipinski definition) is 1. The standard InChI is InChI=1S/C19H14N2O5S/c1-25-17(23)14-13(15(18(24)26-2)21-19(27)20-14)16(22)12-8-7-10-5-3-4-6-11(10)9-12/h3-9H,1-2H3,(H,20,21,27). The number of H-pyrrole nitrogens is 1. The van der Waals surface area contributed by atoms with Crippen molar-refractivity contribution in [2.75, 3.05) is 14.2 Å². The number of fused-ring (bicyclic) bond motifs is 1. The third kappa shape index (κ3) is 3.47. The molecule has 0 spiro atoms. The Balaban J connectivity index is 2.26. The summed E-state index contributed by atoms with van der Waals surface area (Å²) in [5.74, 6) is -2.32. The van der Waals surface area contributed by atoms with Crippen LogP contribution in [0.4, 0.5) is 0 Å². The van der Waals surface area contributed by atoms with Gasteiger partial charge in [-0.25, -0.2) is 14.6 Å². The summed E-state index contributed by atoms with van der Waals surface area (Å²) < 4.78 is 9.25. The topological polar surface area (TPSA) is 98.3 Å². The maximum atomic E-state index is 13.2. The van der Waals surface area contributed by atoms with Gasteiger partial charge in [0.15, 0.2) is 16.2 Å². The molecule has 7 nitrogen and oxygen atoms in total. The maximum absolute atomic E-state index is 13.2. The zero-order valence-corrected chi connectivity index (χ0v) is 15.3. The molecule has 3 rings (SSSR count). The van der Waals surface area contributed by atoms with Gasteiger partial charge in [0.1, 0.15) is 5.69 Å². The van der Waals surface area contributed by atoms with E-state index in [9.17, 15) is 14.4 Å². The first-order valence-electron chi connectivity index (χ1n) is 7.80. The Morgan fingerprint density at radius 3 is 2.30 bits per heavy atom. The highest BCUT2D eigenvalue weighted by molar-refractivity contribution is 7.71. The number of nitrogens with zero attached hydrogens (tertiary/aromatic N) is 1. The van der Waals surface area contributed by atoms with Gasteiger partial charge in [0.25, 0.3) is 0 Å². The molecule has 0 fully saturated rings. The Bertz CT molecular complexity index is 1100. The largest absolute Gasteiger partial charge is 0.464 e. The number of nitrogens with one attached hydrogen (secondary N) is 1. The van der Waals surface area contributed by atoms with E-state index < -0.39 is 17.7 Å². The lowest BCUT2D eigenvalue weighted by molar-refractivity contribution is 0.0582. The van der Waals surface area contributed by atoms with Crippen LogP contribution in [0.1, 0.15) is 36.9 Å². The van der Waals surface area contributed by atoms with Crippen LogP contribution in [0, 0.1) is 4.77 Å². The van der Waals surface area contributed by atoms with E-state index in [1.165, 1.54) is 0 Å². The van der Waals surface area contributed by atoms with E-state index in [-0.39, 0.29) is 27.3 Å². The van der Waals surface area contributed by atoms with Crippen LogP contribution in [0.3, 0.4) is 0 Å². The van der Waals surface area contributed by atoms with Crippen molar-refractivity contribution in [3.05, 3.63) is 69.8 Å². The first kappa shape index (κ1) is 18.4. The second-order valence-corrected chi connectivity index (χ2v) is 5.90. The van der Waals surface area contributed by atoms with Gasteiger partial charge in [-0.1, -0.05) is 36.4 Å². The summed E-state index contributed by atoms with van der Waals surface area (Å²) in [6.07, 6.45) is 0. The van der Waals surface area contributed by atoms with E-state index >= 15 is 0 Å². The van der Waals surface area contributed by atoms with Crippen LogP contribution >= 0.6 is 12.2 Å². The van der Waals surface area contributed by atoms with Crippen LogP contribution < -0.4 is 0 Å². The lowest BCUT2D eigenvalue weighted by Crippen LogP contribution is -2.21. The molecule has 0 bridgehead atoms. The van der Waals surface area contributed by atoms with E-state index in [1.807, 2.05) is 24.3 Å². The second kappa shape index (κ2) is 7.46. The third-order valence-electron chi connectivity index (χ3n) is 3.94. The first-order valence-corrected chi connectivity index (χ1v) is 8.21. The van der Waals surface area contributed by atoms with Crippen LogP contribution in [-0.2, 0) is 9.47 Å². The summed E-state index contributed by atoms with van der Waals surface area (Å²) in [7, 11) is 2.30. The molecule has 136 valence electrons. The molecular weight excluding hydrogens is 368 g/mol. The molecule has 1 aromatic heterocycles. The molecule has 27 heavy (non-hydrogen) atoms. The molecule has 0 aliphatic heterocycles. The minimum absolute atomic E-state index is 0.147. The summed E-state index contributed by atoms with van der Waals surface area (Å²) >= 11 is 4.95. The van der Waals surface area contributed by atoms with Crippen molar-refractivity contribution in [1.29, 1.82) is 0 Å². The van der Waals surface area contributed by atoms with Crippen LogP contribution in [0.15, 0.2) is 42.5 Å². The van der Waals surface area contributed by atoms with Crippen molar-refractivity contribution < 1.29 is 23.9 Å². The molecule has 0 unspecified atom stereocenters. The SMILES string of the molecule is COC(=O)c1nc(=S)[nH]c(C(=O)OC)c1C(=O)c1ccc2ccccc2c1. The number of aromatic nitrogens is 2. The molecule has 0 saturated heterocycles. The molecule has 2 aromatic carbocycles. The molecule has 0 saturated carbocycles. The van der Waals surface area contributed by atoms with E-state index in [0.717, 1.165) is 25.0 Å². The predicted molar refractivity (Wildman–Crippen MR) is 99.5 cm³/mol. The van der Waals surface area contributed by atoms with E-state index in [2.05, 4.69) is 9.97 Å². The number of hydrogen-bond acceptors (Lipinski definition) is 7.